The second kappa shape index (κ2) is 4.98. The minimum atomic E-state index is 0.304. The molecule has 0 aliphatic rings. The van der Waals surface area contributed by atoms with Crippen LogP contribution in [0.4, 0.5) is 11.4 Å². The first-order valence-corrected chi connectivity index (χ1v) is 6.66. The van der Waals surface area contributed by atoms with Crippen LogP contribution < -0.4 is 10.6 Å². The molecule has 2 aromatic rings. The number of rotatable bonds is 3. The molecule has 2 rings (SSSR count). The van der Waals surface area contributed by atoms with Crippen molar-refractivity contribution in [3.63, 3.8) is 0 Å². The van der Waals surface area contributed by atoms with E-state index in [9.17, 15) is 0 Å². The maximum atomic E-state index is 5.99. The molecule has 0 saturated carbocycles. The lowest BCUT2D eigenvalue weighted by Crippen LogP contribution is -2.21. The van der Waals surface area contributed by atoms with Gasteiger partial charge in [0.25, 0.3) is 0 Å². The third-order valence-electron chi connectivity index (χ3n) is 2.91. The van der Waals surface area contributed by atoms with Crippen molar-refractivity contribution in [2.24, 2.45) is 0 Å². The molecule has 0 aliphatic heterocycles. The average molecular weight is 267 g/mol. The van der Waals surface area contributed by atoms with Crippen molar-refractivity contribution in [2.45, 2.75) is 13.0 Å². The molecule has 1 atom stereocenters. The van der Waals surface area contributed by atoms with Gasteiger partial charge in [0.05, 0.1) is 17.4 Å². The van der Waals surface area contributed by atoms with Gasteiger partial charge in [-0.2, -0.15) is 0 Å². The average Bonchev–Trinajstić information content (AvgIpc) is 2.80. The third kappa shape index (κ3) is 2.56. The van der Waals surface area contributed by atoms with E-state index in [4.69, 9.17) is 17.3 Å². The van der Waals surface area contributed by atoms with E-state index < -0.39 is 0 Å². The van der Waals surface area contributed by atoms with E-state index in [1.165, 1.54) is 4.88 Å². The fraction of sp³-hybridized carbons (Fsp3) is 0.231. The zero-order chi connectivity index (χ0) is 12.4. The van der Waals surface area contributed by atoms with E-state index in [0.717, 1.165) is 5.69 Å². The Balaban J connectivity index is 2.28. The van der Waals surface area contributed by atoms with Crippen LogP contribution in [-0.2, 0) is 0 Å². The van der Waals surface area contributed by atoms with Crippen molar-refractivity contribution in [3.8, 4) is 0 Å². The maximum Gasteiger partial charge on any atom is 0.0604 e. The molecule has 2 nitrogen and oxygen atoms in total. The van der Waals surface area contributed by atoms with Gasteiger partial charge in [0.15, 0.2) is 0 Å². The van der Waals surface area contributed by atoms with Gasteiger partial charge in [-0.25, -0.2) is 0 Å². The Kier molecular flexibility index (Phi) is 3.60. The van der Waals surface area contributed by atoms with Crippen LogP contribution in [0.5, 0.6) is 0 Å². The van der Waals surface area contributed by atoms with Crippen LogP contribution in [-0.4, -0.2) is 7.05 Å². The molecule has 0 bridgehead atoms. The summed E-state index contributed by atoms with van der Waals surface area (Å²) in [7, 11) is 2.05. The fourth-order valence-electron chi connectivity index (χ4n) is 1.78. The summed E-state index contributed by atoms with van der Waals surface area (Å²) in [4.78, 5) is 3.49. The van der Waals surface area contributed by atoms with E-state index in [0.29, 0.717) is 16.8 Å². The molecular formula is C13H15ClN2S. The molecule has 4 heteroatoms. The Labute approximate surface area is 111 Å². The summed E-state index contributed by atoms with van der Waals surface area (Å²) in [5.74, 6) is 0. The van der Waals surface area contributed by atoms with Crippen molar-refractivity contribution in [1.29, 1.82) is 0 Å². The van der Waals surface area contributed by atoms with Crippen LogP contribution in [0.2, 0.25) is 5.02 Å². The smallest absolute Gasteiger partial charge is 0.0604 e. The van der Waals surface area contributed by atoms with Gasteiger partial charge in [-0.1, -0.05) is 17.7 Å². The SMILES string of the molecule is CC(c1cccs1)N(C)c1ccc(Cl)cc1N. The summed E-state index contributed by atoms with van der Waals surface area (Å²) in [6.45, 7) is 2.17. The Morgan fingerprint density at radius 1 is 1.35 bits per heavy atom. The molecule has 90 valence electrons. The number of anilines is 2. The first kappa shape index (κ1) is 12.3. The molecule has 1 unspecified atom stereocenters. The molecule has 0 saturated heterocycles. The number of thiophene rings is 1. The van der Waals surface area contributed by atoms with E-state index in [2.05, 4.69) is 29.3 Å². The minimum absolute atomic E-state index is 0.304. The van der Waals surface area contributed by atoms with Gasteiger partial charge in [-0.15, -0.1) is 11.3 Å². The van der Waals surface area contributed by atoms with E-state index in [-0.39, 0.29) is 0 Å². The predicted molar refractivity (Wildman–Crippen MR) is 77.0 cm³/mol. The van der Waals surface area contributed by atoms with Gasteiger partial charge in [-0.3, -0.25) is 0 Å². The molecule has 2 N–H and O–H groups in total. The molecule has 1 heterocycles. The number of nitrogens with two attached hydrogens (primary N) is 1. The predicted octanol–water partition coefficient (Wildman–Crippen LogP) is 4.18. The van der Waals surface area contributed by atoms with Crippen LogP contribution in [0.25, 0.3) is 0 Å². The highest BCUT2D eigenvalue weighted by atomic mass is 35.5. The van der Waals surface area contributed by atoms with Crippen LogP contribution in [0, 0.1) is 0 Å². The zero-order valence-corrected chi connectivity index (χ0v) is 11.4. The Morgan fingerprint density at radius 3 is 2.71 bits per heavy atom. The Bertz CT molecular complexity index is 496. The standard InChI is InChI=1S/C13H15ClN2S/c1-9(13-4-3-7-17-13)16(2)12-6-5-10(14)8-11(12)15/h3-9H,15H2,1-2H3. The summed E-state index contributed by atoms with van der Waals surface area (Å²) >= 11 is 7.66. The van der Waals surface area contributed by atoms with E-state index in [1.807, 2.05) is 19.2 Å². The number of hydrogen-bond acceptors (Lipinski definition) is 3. The number of benzene rings is 1. The fourth-order valence-corrected chi connectivity index (χ4v) is 2.78. The molecule has 0 aliphatic carbocycles. The van der Waals surface area contributed by atoms with Crippen LogP contribution >= 0.6 is 22.9 Å². The molecule has 1 aromatic carbocycles. The van der Waals surface area contributed by atoms with E-state index >= 15 is 0 Å². The molecule has 1 aromatic heterocycles. The van der Waals surface area contributed by atoms with Crippen molar-refractivity contribution < 1.29 is 0 Å². The first-order valence-electron chi connectivity index (χ1n) is 5.41. The van der Waals surface area contributed by atoms with Gasteiger partial charge >= 0.3 is 0 Å². The summed E-state index contributed by atoms with van der Waals surface area (Å²) in [6, 6.07) is 10.1. The molecule has 0 radical (unpaired) electrons. The largest absolute Gasteiger partial charge is 0.397 e. The highest BCUT2D eigenvalue weighted by Gasteiger charge is 2.15. The summed E-state index contributed by atoms with van der Waals surface area (Å²) in [6.07, 6.45) is 0. The lowest BCUT2D eigenvalue weighted by molar-refractivity contribution is 0.755. The van der Waals surface area contributed by atoms with Crippen LogP contribution in [0.3, 0.4) is 0 Å². The highest BCUT2D eigenvalue weighted by molar-refractivity contribution is 7.10. The maximum absolute atomic E-state index is 5.99. The van der Waals surface area contributed by atoms with Crippen molar-refractivity contribution in [2.75, 3.05) is 17.7 Å². The monoisotopic (exact) mass is 266 g/mol. The molecule has 0 fully saturated rings. The molecule has 0 amide bonds. The van der Waals surface area contributed by atoms with E-state index in [1.54, 1.807) is 17.4 Å². The molecule has 0 spiro atoms. The number of hydrogen-bond donors (Lipinski definition) is 1. The first-order chi connectivity index (χ1) is 8.09. The second-order valence-electron chi connectivity index (χ2n) is 4.01. The topological polar surface area (TPSA) is 29.3 Å². The number of nitrogens with zero attached hydrogens (tertiary/aromatic N) is 1. The van der Waals surface area contributed by atoms with Crippen molar-refractivity contribution in [3.05, 3.63) is 45.6 Å². The lowest BCUT2D eigenvalue weighted by Gasteiger charge is -2.27. The summed E-state index contributed by atoms with van der Waals surface area (Å²) in [5.41, 5.74) is 7.71. The van der Waals surface area contributed by atoms with Gasteiger partial charge < -0.3 is 10.6 Å². The summed E-state index contributed by atoms with van der Waals surface area (Å²) in [5, 5.41) is 2.76. The van der Waals surface area contributed by atoms with Gasteiger partial charge in [-0.05, 0) is 36.6 Å². The second-order valence-corrected chi connectivity index (χ2v) is 5.42. The van der Waals surface area contributed by atoms with Gasteiger partial charge in [0.2, 0.25) is 0 Å². The van der Waals surface area contributed by atoms with Crippen molar-refractivity contribution in [1.82, 2.24) is 0 Å². The van der Waals surface area contributed by atoms with Crippen LogP contribution in [0.15, 0.2) is 35.7 Å². The zero-order valence-electron chi connectivity index (χ0n) is 9.85. The number of nitrogen functional groups attached to an aromatic ring is 1. The lowest BCUT2D eigenvalue weighted by atomic mass is 10.2. The highest BCUT2D eigenvalue weighted by Crippen LogP contribution is 2.32. The quantitative estimate of drug-likeness (QED) is 0.845. The number of halogens is 1. The van der Waals surface area contributed by atoms with Crippen LogP contribution in [0.1, 0.15) is 17.8 Å². The summed E-state index contributed by atoms with van der Waals surface area (Å²) < 4.78 is 0. The minimum Gasteiger partial charge on any atom is -0.397 e. The molecular weight excluding hydrogens is 252 g/mol. The van der Waals surface area contributed by atoms with Crippen molar-refractivity contribution >= 4 is 34.3 Å². The Morgan fingerprint density at radius 2 is 2.12 bits per heavy atom. The Hall–Kier alpha value is -1.19. The molecule has 17 heavy (non-hydrogen) atoms. The van der Waals surface area contributed by atoms with Gasteiger partial charge in [0.1, 0.15) is 0 Å². The third-order valence-corrected chi connectivity index (χ3v) is 4.18. The normalized spacial score (nSPS) is 12.4. The van der Waals surface area contributed by atoms with Gasteiger partial charge in [0, 0.05) is 16.9 Å².